The molecule has 3 aromatic rings. The number of hydrogen-bond acceptors (Lipinski definition) is 3. The van der Waals surface area contributed by atoms with Gasteiger partial charge in [-0.2, -0.15) is 0 Å². The molecular weight excluding hydrogens is 326 g/mol. The molecule has 0 fully saturated rings. The number of rotatable bonds is 7. The Hall–Kier alpha value is -3.27. The molecular formula is C22H21NO3. The van der Waals surface area contributed by atoms with E-state index in [0.29, 0.717) is 30.2 Å². The average Bonchev–Trinajstić information content (AvgIpc) is 2.68. The third-order valence-corrected chi connectivity index (χ3v) is 3.77. The number of amides is 1. The van der Waals surface area contributed by atoms with Crippen molar-refractivity contribution in [2.45, 2.75) is 13.5 Å². The van der Waals surface area contributed by atoms with Gasteiger partial charge < -0.3 is 14.8 Å². The largest absolute Gasteiger partial charge is 0.494 e. The number of carbonyl (C=O) groups excluding carboxylic acids is 1. The number of hydrogen-bond donors (Lipinski definition) is 1. The Labute approximate surface area is 153 Å². The summed E-state index contributed by atoms with van der Waals surface area (Å²) in [5.74, 6) is 1.28. The molecule has 0 saturated heterocycles. The molecule has 0 heterocycles. The van der Waals surface area contributed by atoms with E-state index in [2.05, 4.69) is 5.32 Å². The second-order valence-electron chi connectivity index (χ2n) is 5.71. The normalized spacial score (nSPS) is 10.2. The van der Waals surface area contributed by atoms with E-state index in [9.17, 15) is 4.79 Å². The second-order valence-corrected chi connectivity index (χ2v) is 5.71. The first kappa shape index (κ1) is 17.5. The van der Waals surface area contributed by atoms with Gasteiger partial charge in [0.1, 0.15) is 18.1 Å². The lowest BCUT2D eigenvalue weighted by Gasteiger charge is -2.10. The second kappa shape index (κ2) is 8.72. The van der Waals surface area contributed by atoms with Gasteiger partial charge in [-0.1, -0.05) is 36.4 Å². The predicted octanol–water partition coefficient (Wildman–Crippen LogP) is 4.92. The molecule has 0 aromatic heterocycles. The smallest absolute Gasteiger partial charge is 0.255 e. The van der Waals surface area contributed by atoms with Gasteiger partial charge in [-0.25, -0.2) is 0 Å². The summed E-state index contributed by atoms with van der Waals surface area (Å²) in [4.78, 5) is 12.4. The summed E-state index contributed by atoms with van der Waals surface area (Å²) in [6.07, 6.45) is 0. The van der Waals surface area contributed by atoms with Gasteiger partial charge in [-0.15, -0.1) is 0 Å². The van der Waals surface area contributed by atoms with E-state index in [4.69, 9.17) is 9.47 Å². The SMILES string of the molecule is CCOc1ccc(C(=O)Nc2cccc(OCc3ccccc3)c2)cc1. The molecule has 0 aliphatic heterocycles. The number of anilines is 1. The van der Waals surface area contributed by atoms with Crippen LogP contribution in [0.3, 0.4) is 0 Å². The van der Waals surface area contributed by atoms with Crippen molar-refractivity contribution < 1.29 is 14.3 Å². The van der Waals surface area contributed by atoms with Gasteiger partial charge in [0, 0.05) is 17.3 Å². The van der Waals surface area contributed by atoms with Gasteiger partial charge in [-0.05, 0) is 48.9 Å². The Morgan fingerprint density at radius 2 is 1.62 bits per heavy atom. The van der Waals surface area contributed by atoms with Gasteiger partial charge in [0.2, 0.25) is 0 Å². The maximum absolute atomic E-state index is 12.4. The molecule has 3 aromatic carbocycles. The van der Waals surface area contributed by atoms with E-state index in [1.165, 1.54) is 0 Å². The van der Waals surface area contributed by atoms with E-state index in [1.54, 1.807) is 24.3 Å². The van der Waals surface area contributed by atoms with Crippen molar-refractivity contribution in [1.82, 2.24) is 0 Å². The minimum absolute atomic E-state index is 0.173. The monoisotopic (exact) mass is 347 g/mol. The highest BCUT2D eigenvalue weighted by molar-refractivity contribution is 6.04. The van der Waals surface area contributed by atoms with Gasteiger partial charge >= 0.3 is 0 Å². The topological polar surface area (TPSA) is 47.6 Å². The van der Waals surface area contributed by atoms with E-state index >= 15 is 0 Å². The minimum Gasteiger partial charge on any atom is -0.494 e. The molecule has 0 spiro atoms. The highest BCUT2D eigenvalue weighted by atomic mass is 16.5. The maximum Gasteiger partial charge on any atom is 0.255 e. The quantitative estimate of drug-likeness (QED) is 0.660. The van der Waals surface area contributed by atoms with Crippen molar-refractivity contribution in [1.29, 1.82) is 0 Å². The molecule has 26 heavy (non-hydrogen) atoms. The van der Waals surface area contributed by atoms with Crippen LogP contribution in [-0.2, 0) is 6.61 Å². The summed E-state index contributed by atoms with van der Waals surface area (Å²) >= 11 is 0. The Kier molecular flexibility index (Phi) is 5.88. The molecule has 1 N–H and O–H groups in total. The lowest BCUT2D eigenvalue weighted by molar-refractivity contribution is 0.102. The van der Waals surface area contributed by atoms with E-state index in [0.717, 1.165) is 11.3 Å². The highest BCUT2D eigenvalue weighted by Gasteiger charge is 2.07. The van der Waals surface area contributed by atoms with Crippen LogP contribution in [0.5, 0.6) is 11.5 Å². The molecule has 0 aliphatic rings. The molecule has 1 amide bonds. The van der Waals surface area contributed by atoms with Crippen LogP contribution in [0.1, 0.15) is 22.8 Å². The predicted molar refractivity (Wildman–Crippen MR) is 103 cm³/mol. The first-order chi connectivity index (χ1) is 12.7. The summed E-state index contributed by atoms with van der Waals surface area (Å²) in [6, 6.07) is 24.4. The standard InChI is InChI=1S/C22H21NO3/c1-2-25-20-13-11-18(12-14-20)22(24)23-19-9-6-10-21(15-19)26-16-17-7-4-3-5-8-17/h3-15H,2,16H2,1H3,(H,23,24). The van der Waals surface area contributed by atoms with Crippen molar-refractivity contribution in [3.8, 4) is 11.5 Å². The van der Waals surface area contributed by atoms with Crippen LogP contribution in [0.2, 0.25) is 0 Å². The average molecular weight is 347 g/mol. The zero-order valence-electron chi connectivity index (χ0n) is 14.6. The van der Waals surface area contributed by atoms with E-state index in [1.807, 2.05) is 61.5 Å². The van der Waals surface area contributed by atoms with Crippen molar-refractivity contribution in [3.63, 3.8) is 0 Å². The highest BCUT2D eigenvalue weighted by Crippen LogP contribution is 2.20. The Balaban J connectivity index is 1.61. The molecule has 132 valence electrons. The number of nitrogens with one attached hydrogen (secondary N) is 1. The van der Waals surface area contributed by atoms with Gasteiger partial charge in [0.25, 0.3) is 5.91 Å². The molecule has 0 unspecified atom stereocenters. The molecule has 0 aliphatic carbocycles. The van der Waals surface area contributed by atoms with Crippen LogP contribution in [0, 0.1) is 0 Å². The van der Waals surface area contributed by atoms with Crippen molar-refractivity contribution >= 4 is 11.6 Å². The Bertz CT molecular complexity index is 845. The van der Waals surface area contributed by atoms with Crippen molar-refractivity contribution in [2.75, 3.05) is 11.9 Å². The van der Waals surface area contributed by atoms with E-state index < -0.39 is 0 Å². The lowest BCUT2D eigenvalue weighted by Crippen LogP contribution is -2.11. The minimum atomic E-state index is -0.173. The van der Waals surface area contributed by atoms with Gasteiger partial charge in [-0.3, -0.25) is 4.79 Å². The first-order valence-corrected chi connectivity index (χ1v) is 8.55. The third-order valence-electron chi connectivity index (χ3n) is 3.77. The third kappa shape index (κ3) is 4.86. The van der Waals surface area contributed by atoms with Crippen molar-refractivity contribution in [2.24, 2.45) is 0 Å². The zero-order chi connectivity index (χ0) is 18.2. The summed E-state index contributed by atoms with van der Waals surface area (Å²) in [7, 11) is 0. The maximum atomic E-state index is 12.4. The van der Waals surface area contributed by atoms with Crippen LogP contribution < -0.4 is 14.8 Å². The first-order valence-electron chi connectivity index (χ1n) is 8.55. The zero-order valence-corrected chi connectivity index (χ0v) is 14.6. The van der Waals surface area contributed by atoms with E-state index in [-0.39, 0.29) is 5.91 Å². The van der Waals surface area contributed by atoms with Crippen LogP contribution in [-0.4, -0.2) is 12.5 Å². The summed E-state index contributed by atoms with van der Waals surface area (Å²) < 4.78 is 11.2. The molecule has 3 rings (SSSR count). The molecule has 0 saturated carbocycles. The lowest BCUT2D eigenvalue weighted by atomic mass is 10.2. The Morgan fingerprint density at radius 1 is 0.846 bits per heavy atom. The van der Waals surface area contributed by atoms with Gasteiger partial charge in [0.05, 0.1) is 6.61 Å². The fourth-order valence-electron chi connectivity index (χ4n) is 2.48. The van der Waals surface area contributed by atoms with Crippen molar-refractivity contribution in [3.05, 3.63) is 90.0 Å². The van der Waals surface area contributed by atoms with Crippen LogP contribution in [0.4, 0.5) is 5.69 Å². The van der Waals surface area contributed by atoms with Crippen LogP contribution >= 0.6 is 0 Å². The van der Waals surface area contributed by atoms with Crippen LogP contribution in [0.25, 0.3) is 0 Å². The van der Waals surface area contributed by atoms with Gasteiger partial charge in [0.15, 0.2) is 0 Å². The molecule has 0 radical (unpaired) electrons. The molecule has 4 heteroatoms. The molecule has 0 atom stereocenters. The summed E-state index contributed by atoms with van der Waals surface area (Å²) in [5.41, 5.74) is 2.36. The molecule has 0 bridgehead atoms. The summed E-state index contributed by atoms with van der Waals surface area (Å²) in [6.45, 7) is 3.01. The Morgan fingerprint density at radius 3 is 2.35 bits per heavy atom. The fourth-order valence-corrected chi connectivity index (χ4v) is 2.48. The van der Waals surface area contributed by atoms with Crippen LogP contribution in [0.15, 0.2) is 78.9 Å². The number of benzene rings is 3. The number of ether oxygens (including phenoxy) is 2. The molecule has 4 nitrogen and oxygen atoms in total. The number of carbonyl (C=O) groups is 1. The summed E-state index contributed by atoms with van der Waals surface area (Å²) in [5, 5.41) is 2.89. The fraction of sp³-hybridized carbons (Fsp3) is 0.136.